The Hall–Kier alpha value is -3.56. The Morgan fingerprint density at radius 2 is 1.32 bits per heavy atom. The van der Waals surface area contributed by atoms with E-state index in [9.17, 15) is 0 Å². The molecular formula is C28H22N2O. The molecule has 0 radical (unpaired) electrons. The molecule has 0 amide bonds. The van der Waals surface area contributed by atoms with Crippen LogP contribution in [-0.4, -0.2) is 11.4 Å². The van der Waals surface area contributed by atoms with E-state index < -0.39 is 0 Å². The molecule has 1 unspecified atom stereocenters. The van der Waals surface area contributed by atoms with Crippen molar-refractivity contribution in [1.82, 2.24) is 4.90 Å². The fourth-order valence-corrected chi connectivity index (χ4v) is 5.76. The number of hydrogen-bond acceptors (Lipinski definition) is 3. The minimum atomic E-state index is -0.0508. The monoisotopic (exact) mass is 402 g/mol. The molecule has 31 heavy (non-hydrogen) atoms. The van der Waals surface area contributed by atoms with Gasteiger partial charge in [-0.2, -0.15) is 0 Å². The summed E-state index contributed by atoms with van der Waals surface area (Å²) in [5.41, 5.74) is 5.05. The lowest BCUT2D eigenvalue weighted by Gasteiger charge is -2.36. The first kappa shape index (κ1) is 17.2. The predicted molar refractivity (Wildman–Crippen MR) is 122 cm³/mol. The summed E-state index contributed by atoms with van der Waals surface area (Å²) in [5, 5.41) is 0. The molecule has 3 heterocycles. The summed E-state index contributed by atoms with van der Waals surface area (Å²) in [6, 6.07) is 39.1. The Bertz CT molecular complexity index is 1270. The van der Waals surface area contributed by atoms with Crippen LogP contribution in [0.25, 0.3) is 0 Å². The van der Waals surface area contributed by atoms with Crippen LogP contribution in [-0.2, 0) is 5.54 Å². The van der Waals surface area contributed by atoms with Crippen LogP contribution in [0.1, 0.15) is 28.9 Å². The van der Waals surface area contributed by atoms with Gasteiger partial charge in [0, 0.05) is 12.1 Å². The van der Waals surface area contributed by atoms with Crippen LogP contribution < -0.4 is 9.64 Å². The molecule has 3 aliphatic rings. The molecule has 2 fully saturated rings. The molecule has 150 valence electrons. The molecule has 0 aliphatic carbocycles. The van der Waals surface area contributed by atoms with Gasteiger partial charge in [-0.3, -0.25) is 4.90 Å². The van der Waals surface area contributed by atoms with Gasteiger partial charge in [-0.05, 0) is 29.3 Å². The number of benzene rings is 4. The van der Waals surface area contributed by atoms with Crippen molar-refractivity contribution in [2.45, 2.75) is 17.7 Å². The summed E-state index contributed by atoms with van der Waals surface area (Å²) >= 11 is 0. The van der Waals surface area contributed by atoms with Gasteiger partial charge in [-0.25, -0.2) is 0 Å². The average molecular weight is 402 g/mol. The Balaban J connectivity index is 1.53. The number of ether oxygens (including phenoxy) is 1. The van der Waals surface area contributed by atoms with Gasteiger partial charge in [0.05, 0.1) is 17.3 Å². The maximum atomic E-state index is 6.46. The normalized spacial score (nSPS) is 27.2. The number of anilines is 1. The van der Waals surface area contributed by atoms with Crippen molar-refractivity contribution in [3.8, 4) is 11.5 Å². The highest BCUT2D eigenvalue weighted by atomic mass is 16.5. The van der Waals surface area contributed by atoms with E-state index in [1.165, 1.54) is 16.7 Å². The topological polar surface area (TPSA) is 15.5 Å². The van der Waals surface area contributed by atoms with E-state index >= 15 is 0 Å². The minimum absolute atomic E-state index is 0.0508. The van der Waals surface area contributed by atoms with Crippen LogP contribution in [0.2, 0.25) is 0 Å². The fourth-order valence-electron chi connectivity index (χ4n) is 5.76. The molecule has 0 bridgehead atoms. The predicted octanol–water partition coefficient (Wildman–Crippen LogP) is 6.26. The molecule has 4 aromatic carbocycles. The highest BCUT2D eigenvalue weighted by Gasteiger charge is 2.71. The summed E-state index contributed by atoms with van der Waals surface area (Å²) < 4.78 is 6.46. The number of rotatable bonds is 2. The Labute approximate surface area is 182 Å². The zero-order valence-electron chi connectivity index (χ0n) is 17.1. The van der Waals surface area contributed by atoms with Gasteiger partial charge in [0.2, 0.25) is 0 Å². The van der Waals surface area contributed by atoms with Gasteiger partial charge in [0.1, 0.15) is 11.9 Å². The van der Waals surface area contributed by atoms with Crippen LogP contribution >= 0.6 is 0 Å². The molecule has 3 nitrogen and oxygen atoms in total. The van der Waals surface area contributed by atoms with Gasteiger partial charge >= 0.3 is 0 Å². The van der Waals surface area contributed by atoms with Gasteiger partial charge < -0.3 is 9.64 Å². The summed E-state index contributed by atoms with van der Waals surface area (Å²) in [4.78, 5) is 5.23. The van der Waals surface area contributed by atoms with Crippen molar-refractivity contribution in [3.05, 3.63) is 126 Å². The zero-order chi connectivity index (χ0) is 20.4. The van der Waals surface area contributed by atoms with Crippen molar-refractivity contribution >= 4 is 5.69 Å². The fraction of sp³-hybridized carbons (Fsp3) is 0.143. The van der Waals surface area contributed by atoms with Crippen LogP contribution in [0.3, 0.4) is 0 Å². The Morgan fingerprint density at radius 1 is 0.677 bits per heavy atom. The van der Waals surface area contributed by atoms with Gasteiger partial charge in [0.15, 0.2) is 5.75 Å². The van der Waals surface area contributed by atoms with E-state index in [1.54, 1.807) is 0 Å². The van der Waals surface area contributed by atoms with Crippen LogP contribution in [0.5, 0.6) is 11.5 Å². The maximum Gasteiger partial charge on any atom is 0.150 e. The zero-order valence-corrected chi connectivity index (χ0v) is 17.1. The van der Waals surface area contributed by atoms with E-state index in [4.69, 9.17) is 4.74 Å². The molecular weight excluding hydrogens is 380 g/mol. The summed E-state index contributed by atoms with van der Waals surface area (Å²) in [6.07, 6.45) is 0.130. The second kappa shape index (κ2) is 6.22. The number of hydrogen-bond donors (Lipinski definition) is 0. The third-order valence-corrected chi connectivity index (χ3v) is 7.06. The van der Waals surface area contributed by atoms with Crippen LogP contribution in [0.4, 0.5) is 5.69 Å². The SMILES string of the molecule is c1ccc([C@H]2N3c4ccccc4Oc4ccccc4[C@H]3N3C[C@@]23c2ccccc2)cc1. The first-order valence-electron chi connectivity index (χ1n) is 10.9. The lowest BCUT2D eigenvalue weighted by molar-refractivity contribution is 0.397. The Morgan fingerprint density at radius 3 is 2.13 bits per heavy atom. The van der Waals surface area contributed by atoms with Crippen LogP contribution in [0.15, 0.2) is 109 Å². The van der Waals surface area contributed by atoms with Gasteiger partial charge in [-0.15, -0.1) is 0 Å². The van der Waals surface area contributed by atoms with Gasteiger partial charge in [-0.1, -0.05) is 91.0 Å². The molecule has 0 aromatic heterocycles. The quantitative estimate of drug-likeness (QED) is 0.368. The first-order chi connectivity index (χ1) is 15.4. The largest absolute Gasteiger partial charge is 0.455 e. The lowest BCUT2D eigenvalue weighted by Crippen LogP contribution is -2.34. The van der Waals surface area contributed by atoms with Crippen molar-refractivity contribution in [3.63, 3.8) is 0 Å². The summed E-state index contributed by atoms with van der Waals surface area (Å²) in [7, 11) is 0. The second-order valence-electron chi connectivity index (χ2n) is 8.62. The van der Waals surface area contributed by atoms with E-state index in [0.29, 0.717) is 0 Å². The molecule has 4 atom stereocenters. The highest BCUT2D eigenvalue weighted by molar-refractivity contribution is 5.69. The highest BCUT2D eigenvalue weighted by Crippen LogP contribution is 2.68. The van der Waals surface area contributed by atoms with E-state index in [0.717, 1.165) is 23.7 Å². The lowest BCUT2D eigenvalue weighted by atomic mass is 9.86. The molecule has 7 rings (SSSR count). The molecule has 2 saturated heterocycles. The van der Waals surface area contributed by atoms with E-state index in [1.807, 2.05) is 0 Å². The standard InChI is InChI=1S/C28H22N2O/c1-3-11-20(12-4-1)26-28(21-13-5-2-6-14-21)19-29(28)27-22-15-7-9-17-24(22)31-25-18-10-8-16-23(25)30(26)27/h1-18,26-27H,19H2/t26-,27+,28-,29?/m1/s1. The number of para-hydroxylation sites is 3. The number of nitrogens with zero attached hydrogens (tertiary/aromatic N) is 2. The molecule has 0 saturated carbocycles. The summed E-state index contributed by atoms with van der Waals surface area (Å²) in [6.45, 7) is 1.04. The van der Waals surface area contributed by atoms with Crippen molar-refractivity contribution in [2.75, 3.05) is 11.4 Å². The molecule has 0 N–H and O–H groups in total. The third-order valence-electron chi connectivity index (χ3n) is 7.06. The van der Waals surface area contributed by atoms with E-state index in [-0.39, 0.29) is 17.7 Å². The van der Waals surface area contributed by atoms with Crippen molar-refractivity contribution in [1.29, 1.82) is 0 Å². The summed E-state index contributed by atoms with van der Waals surface area (Å²) in [5.74, 6) is 1.87. The third kappa shape index (κ3) is 2.27. The maximum absolute atomic E-state index is 6.46. The van der Waals surface area contributed by atoms with E-state index in [2.05, 4.69) is 119 Å². The molecule has 4 aromatic rings. The Kier molecular flexibility index (Phi) is 3.44. The van der Waals surface area contributed by atoms with Gasteiger partial charge in [0.25, 0.3) is 0 Å². The van der Waals surface area contributed by atoms with Crippen molar-refractivity contribution in [2.24, 2.45) is 0 Å². The molecule has 0 spiro atoms. The average Bonchev–Trinajstić information content (AvgIpc) is 3.53. The van der Waals surface area contributed by atoms with Crippen LogP contribution in [0, 0.1) is 0 Å². The number of fused-ring (bicyclic) bond motifs is 7. The van der Waals surface area contributed by atoms with Crippen molar-refractivity contribution < 1.29 is 4.74 Å². The first-order valence-corrected chi connectivity index (χ1v) is 10.9. The minimum Gasteiger partial charge on any atom is -0.455 e. The smallest absolute Gasteiger partial charge is 0.150 e. The second-order valence-corrected chi connectivity index (χ2v) is 8.62. The molecule has 3 aliphatic heterocycles. The molecule has 3 heteroatoms.